The van der Waals surface area contributed by atoms with Gasteiger partial charge >= 0.3 is 0 Å². The molecule has 0 aromatic heterocycles. The third-order valence-electron chi connectivity index (χ3n) is 4.80. The highest BCUT2D eigenvalue weighted by Gasteiger charge is 2.34. The smallest absolute Gasteiger partial charge is 0.123 e. The number of rotatable bonds is 4. The van der Waals surface area contributed by atoms with E-state index in [-0.39, 0.29) is 11.2 Å². The second-order valence-corrected chi connectivity index (χ2v) is 6.36. The molecule has 2 aliphatic carbocycles. The first-order valence-electron chi connectivity index (χ1n) is 7.78. The molecular formula is C17H24FN. The predicted molar refractivity (Wildman–Crippen MR) is 76.8 cm³/mol. The van der Waals surface area contributed by atoms with Crippen LogP contribution < -0.4 is 5.32 Å². The zero-order valence-electron chi connectivity index (χ0n) is 11.6. The van der Waals surface area contributed by atoms with Crippen molar-refractivity contribution in [1.29, 1.82) is 0 Å². The topological polar surface area (TPSA) is 12.0 Å². The summed E-state index contributed by atoms with van der Waals surface area (Å²) in [6.07, 6.45) is 10.3. The first kappa shape index (κ1) is 13.1. The summed E-state index contributed by atoms with van der Waals surface area (Å²) in [5, 5.41) is 3.69. The van der Waals surface area contributed by atoms with Crippen molar-refractivity contribution in [2.45, 2.75) is 62.8 Å². The van der Waals surface area contributed by atoms with E-state index >= 15 is 0 Å². The molecule has 3 rings (SSSR count). The third kappa shape index (κ3) is 3.17. The standard InChI is InChI=1S/C17H24FN/c18-15-7-5-6-14(12-15)17(13-19-16-8-9-16)10-3-1-2-4-11-17/h5-7,12,16,19H,1-4,8-11,13H2. The normalized spacial score (nSPS) is 23.0. The molecule has 0 aliphatic heterocycles. The van der Waals surface area contributed by atoms with Gasteiger partial charge in [0, 0.05) is 18.0 Å². The van der Waals surface area contributed by atoms with Gasteiger partial charge in [0.05, 0.1) is 0 Å². The minimum Gasteiger partial charge on any atom is -0.313 e. The van der Waals surface area contributed by atoms with Crippen LogP contribution in [0, 0.1) is 5.82 Å². The van der Waals surface area contributed by atoms with Crippen molar-refractivity contribution < 1.29 is 4.39 Å². The van der Waals surface area contributed by atoms with Gasteiger partial charge in [0.2, 0.25) is 0 Å². The summed E-state index contributed by atoms with van der Waals surface area (Å²) in [4.78, 5) is 0. The number of halogens is 1. The fourth-order valence-electron chi connectivity index (χ4n) is 3.42. The second-order valence-electron chi connectivity index (χ2n) is 6.36. The minimum absolute atomic E-state index is 0.0902. The van der Waals surface area contributed by atoms with Gasteiger partial charge in [-0.05, 0) is 43.4 Å². The van der Waals surface area contributed by atoms with Crippen molar-refractivity contribution >= 4 is 0 Å². The molecule has 2 aliphatic rings. The van der Waals surface area contributed by atoms with Crippen LogP contribution >= 0.6 is 0 Å². The van der Waals surface area contributed by atoms with E-state index in [4.69, 9.17) is 0 Å². The van der Waals surface area contributed by atoms with Gasteiger partial charge in [0.15, 0.2) is 0 Å². The van der Waals surface area contributed by atoms with Gasteiger partial charge < -0.3 is 5.32 Å². The molecule has 0 spiro atoms. The van der Waals surface area contributed by atoms with E-state index in [1.807, 2.05) is 6.07 Å². The Bertz CT molecular complexity index is 417. The molecule has 1 aromatic carbocycles. The van der Waals surface area contributed by atoms with Gasteiger partial charge in [-0.2, -0.15) is 0 Å². The zero-order chi connectivity index (χ0) is 13.1. The van der Waals surface area contributed by atoms with E-state index in [0.29, 0.717) is 0 Å². The van der Waals surface area contributed by atoms with Crippen LogP contribution in [-0.4, -0.2) is 12.6 Å². The monoisotopic (exact) mass is 261 g/mol. The Morgan fingerprint density at radius 1 is 1.11 bits per heavy atom. The van der Waals surface area contributed by atoms with Crippen molar-refractivity contribution in [2.24, 2.45) is 0 Å². The van der Waals surface area contributed by atoms with E-state index in [0.717, 1.165) is 12.6 Å². The lowest BCUT2D eigenvalue weighted by atomic mass is 9.74. The third-order valence-corrected chi connectivity index (χ3v) is 4.80. The molecule has 2 heteroatoms. The quantitative estimate of drug-likeness (QED) is 0.802. The van der Waals surface area contributed by atoms with Crippen molar-refractivity contribution in [3.63, 3.8) is 0 Å². The molecule has 1 aromatic rings. The summed E-state index contributed by atoms with van der Waals surface area (Å²) >= 11 is 0. The van der Waals surface area contributed by atoms with Crippen molar-refractivity contribution in [3.05, 3.63) is 35.6 Å². The maximum absolute atomic E-state index is 13.6. The molecule has 1 nitrogen and oxygen atoms in total. The highest BCUT2D eigenvalue weighted by Crippen LogP contribution is 2.38. The SMILES string of the molecule is Fc1cccc(C2(CNC3CC3)CCCCCC2)c1. The van der Waals surface area contributed by atoms with Crippen LogP contribution in [0.1, 0.15) is 56.9 Å². The van der Waals surface area contributed by atoms with E-state index in [1.165, 1.54) is 56.9 Å². The molecule has 0 saturated heterocycles. The number of hydrogen-bond donors (Lipinski definition) is 1. The van der Waals surface area contributed by atoms with Gasteiger partial charge in [-0.15, -0.1) is 0 Å². The number of nitrogens with one attached hydrogen (secondary N) is 1. The summed E-state index contributed by atoms with van der Waals surface area (Å²) in [6, 6.07) is 8.05. The van der Waals surface area contributed by atoms with Crippen LogP contribution in [0.5, 0.6) is 0 Å². The van der Waals surface area contributed by atoms with Crippen LogP contribution in [0.4, 0.5) is 4.39 Å². The van der Waals surface area contributed by atoms with Crippen LogP contribution in [0.25, 0.3) is 0 Å². The Morgan fingerprint density at radius 2 is 1.84 bits per heavy atom. The molecule has 0 atom stereocenters. The number of benzene rings is 1. The Kier molecular flexibility index (Phi) is 3.88. The molecule has 2 fully saturated rings. The van der Waals surface area contributed by atoms with Gasteiger partial charge in [-0.1, -0.05) is 37.8 Å². The summed E-state index contributed by atoms with van der Waals surface area (Å²) in [5.41, 5.74) is 1.38. The van der Waals surface area contributed by atoms with Crippen LogP contribution in [-0.2, 0) is 5.41 Å². The summed E-state index contributed by atoms with van der Waals surface area (Å²) in [6.45, 7) is 1.03. The molecule has 0 radical (unpaired) electrons. The summed E-state index contributed by atoms with van der Waals surface area (Å²) in [7, 11) is 0. The highest BCUT2D eigenvalue weighted by molar-refractivity contribution is 5.27. The van der Waals surface area contributed by atoms with Crippen LogP contribution in [0.3, 0.4) is 0 Å². The van der Waals surface area contributed by atoms with Crippen LogP contribution in [0.2, 0.25) is 0 Å². The fraction of sp³-hybridized carbons (Fsp3) is 0.647. The molecule has 0 heterocycles. The Hall–Kier alpha value is -0.890. The molecular weight excluding hydrogens is 237 g/mol. The van der Waals surface area contributed by atoms with E-state index in [1.54, 1.807) is 12.1 Å². The molecule has 0 unspecified atom stereocenters. The largest absolute Gasteiger partial charge is 0.313 e. The lowest BCUT2D eigenvalue weighted by molar-refractivity contribution is 0.345. The van der Waals surface area contributed by atoms with E-state index < -0.39 is 0 Å². The van der Waals surface area contributed by atoms with Gasteiger partial charge in [0.1, 0.15) is 5.82 Å². The maximum atomic E-state index is 13.6. The highest BCUT2D eigenvalue weighted by atomic mass is 19.1. The lowest BCUT2D eigenvalue weighted by Crippen LogP contribution is -2.39. The molecule has 0 amide bonds. The summed E-state index contributed by atoms with van der Waals surface area (Å²) in [5.74, 6) is -0.0902. The Morgan fingerprint density at radius 3 is 2.47 bits per heavy atom. The predicted octanol–water partition coefficient (Wildman–Crippen LogP) is 4.17. The first-order chi connectivity index (χ1) is 9.28. The average Bonchev–Trinajstić information content (AvgIpc) is 3.24. The molecule has 104 valence electrons. The first-order valence-corrected chi connectivity index (χ1v) is 7.78. The molecule has 1 N–H and O–H groups in total. The average molecular weight is 261 g/mol. The summed E-state index contributed by atoms with van der Waals surface area (Å²) < 4.78 is 13.6. The minimum atomic E-state index is -0.0902. The molecule has 19 heavy (non-hydrogen) atoms. The fourth-order valence-corrected chi connectivity index (χ4v) is 3.42. The van der Waals surface area contributed by atoms with Crippen molar-refractivity contribution in [3.8, 4) is 0 Å². The van der Waals surface area contributed by atoms with Crippen molar-refractivity contribution in [1.82, 2.24) is 5.32 Å². The van der Waals surface area contributed by atoms with Gasteiger partial charge in [0.25, 0.3) is 0 Å². The van der Waals surface area contributed by atoms with E-state index in [2.05, 4.69) is 11.4 Å². The van der Waals surface area contributed by atoms with Crippen LogP contribution in [0.15, 0.2) is 24.3 Å². The Balaban J connectivity index is 1.84. The number of hydrogen-bond acceptors (Lipinski definition) is 1. The molecule has 0 bridgehead atoms. The molecule has 2 saturated carbocycles. The van der Waals surface area contributed by atoms with E-state index in [9.17, 15) is 4.39 Å². The lowest BCUT2D eigenvalue weighted by Gasteiger charge is -2.34. The Labute approximate surface area is 115 Å². The van der Waals surface area contributed by atoms with Gasteiger partial charge in [-0.25, -0.2) is 4.39 Å². The maximum Gasteiger partial charge on any atom is 0.123 e. The van der Waals surface area contributed by atoms with Crippen molar-refractivity contribution in [2.75, 3.05) is 6.54 Å². The van der Waals surface area contributed by atoms with Gasteiger partial charge in [-0.3, -0.25) is 0 Å². The zero-order valence-corrected chi connectivity index (χ0v) is 11.6. The second kappa shape index (κ2) is 5.62.